The summed E-state index contributed by atoms with van der Waals surface area (Å²) in [6.07, 6.45) is 0.0474. The molecule has 46 heavy (non-hydrogen) atoms. The summed E-state index contributed by atoms with van der Waals surface area (Å²) in [6, 6.07) is 4.93. The van der Waals surface area contributed by atoms with Gasteiger partial charge in [-0.15, -0.1) is 0 Å². The van der Waals surface area contributed by atoms with Crippen LogP contribution in [0.15, 0.2) is 34.2 Å². The van der Waals surface area contributed by atoms with Crippen molar-refractivity contribution < 1.29 is 38.1 Å². The highest BCUT2D eigenvalue weighted by atomic mass is 32.2. The molecule has 2 heterocycles. The molecule has 0 radical (unpaired) electrons. The molecule has 0 bridgehead atoms. The van der Waals surface area contributed by atoms with Gasteiger partial charge in [0.2, 0.25) is 17.8 Å². The molecule has 0 aliphatic heterocycles. The monoisotopic (exact) mass is 666 g/mol. The van der Waals surface area contributed by atoms with E-state index in [1.165, 1.54) is 19.1 Å². The number of nitrogens with two attached hydrogens (primary N) is 1. The van der Waals surface area contributed by atoms with Gasteiger partial charge in [0.25, 0.3) is 5.56 Å². The summed E-state index contributed by atoms with van der Waals surface area (Å²) < 4.78 is 31.4. The maximum Gasteiger partial charge on any atom is 0.404 e. The summed E-state index contributed by atoms with van der Waals surface area (Å²) in [5, 5.41) is 16.5. The average Bonchev–Trinajstić information content (AvgIpc) is 3.34. The maximum absolute atomic E-state index is 13.5. The number of carbonyl (C=O) groups is 3. The molecule has 0 fully saturated rings. The quantitative estimate of drug-likeness (QED) is 0.0683. The summed E-state index contributed by atoms with van der Waals surface area (Å²) in [5.41, 5.74) is 6.25. The van der Waals surface area contributed by atoms with Crippen LogP contribution >= 0.6 is 11.8 Å². The van der Waals surface area contributed by atoms with E-state index in [9.17, 15) is 23.6 Å². The van der Waals surface area contributed by atoms with Crippen LogP contribution in [-0.2, 0) is 30.3 Å². The number of rotatable bonds is 21. The number of benzene rings is 1. The molecule has 18 heteroatoms. The average molecular weight is 667 g/mol. The normalized spacial score (nSPS) is 11.8. The molecule has 0 saturated carbocycles. The minimum absolute atomic E-state index is 0.0563. The van der Waals surface area contributed by atoms with Gasteiger partial charge in [-0.25, -0.2) is 14.2 Å². The first kappa shape index (κ1) is 36.2. The van der Waals surface area contributed by atoms with Crippen LogP contribution in [0.4, 0.5) is 15.1 Å². The number of anilines is 1. The van der Waals surface area contributed by atoms with Crippen molar-refractivity contribution in [3.05, 3.63) is 46.0 Å². The molecular weight excluding hydrogens is 627 g/mol. The number of aromatic nitrogens is 4. The number of thioether (sulfide) groups is 1. The van der Waals surface area contributed by atoms with E-state index in [0.717, 1.165) is 17.3 Å². The van der Waals surface area contributed by atoms with Gasteiger partial charge in [0.15, 0.2) is 16.3 Å². The Morgan fingerprint density at radius 1 is 1.00 bits per heavy atom. The zero-order valence-corrected chi connectivity index (χ0v) is 26.2. The van der Waals surface area contributed by atoms with Crippen LogP contribution in [0.2, 0.25) is 0 Å². The minimum atomic E-state index is -1.06. The second-order valence-electron chi connectivity index (χ2n) is 9.86. The summed E-state index contributed by atoms with van der Waals surface area (Å²) in [5.74, 6) is -1.17. The molecule has 3 aromatic rings. The van der Waals surface area contributed by atoms with E-state index in [-0.39, 0.29) is 29.4 Å². The number of ether oxygens (including phenoxy) is 3. The van der Waals surface area contributed by atoms with Gasteiger partial charge >= 0.3 is 6.09 Å². The summed E-state index contributed by atoms with van der Waals surface area (Å²) >= 11 is 1.15. The Kier molecular flexibility index (Phi) is 15.2. The van der Waals surface area contributed by atoms with E-state index in [1.807, 2.05) is 0 Å². The van der Waals surface area contributed by atoms with Crippen molar-refractivity contribution in [2.24, 2.45) is 0 Å². The van der Waals surface area contributed by atoms with Crippen LogP contribution in [0, 0.1) is 5.82 Å². The molecule has 0 aliphatic rings. The number of fused-ring (bicyclic) bond motifs is 1. The molecule has 1 atom stereocenters. The van der Waals surface area contributed by atoms with Crippen LogP contribution in [-0.4, -0.2) is 107 Å². The maximum atomic E-state index is 13.5. The smallest absolute Gasteiger partial charge is 0.404 e. The first-order chi connectivity index (χ1) is 22.1. The molecule has 1 unspecified atom stereocenters. The lowest BCUT2D eigenvalue weighted by Gasteiger charge is -2.17. The van der Waals surface area contributed by atoms with E-state index in [4.69, 9.17) is 25.1 Å². The van der Waals surface area contributed by atoms with Crippen LogP contribution in [0.25, 0.3) is 11.2 Å². The van der Waals surface area contributed by atoms with E-state index >= 15 is 0 Å². The van der Waals surface area contributed by atoms with E-state index in [0.29, 0.717) is 70.7 Å². The molecule has 0 aliphatic carbocycles. The van der Waals surface area contributed by atoms with Crippen molar-refractivity contribution in [1.29, 1.82) is 0 Å². The molecule has 16 nitrogen and oxygen atoms in total. The second-order valence-corrected chi connectivity index (χ2v) is 10.8. The lowest BCUT2D eigenvalue weighted by atomic mass is 10.2. The number of aromatic amines is 1. The van der Waals surface area contributed by atoms with Crippen LogP contribution in [0.3, 0.4) is 0 Å². The number of nitrogens with one attached hydrogen (secondary N) is 4. The molecular formula is C28H39FN8O8S. The summed E-state index contributed by atoms with van der Waals surface area (Å²) in [7, 11) is 0. The Hall–Kier alpha value is -4.26. The third-order valence-electron chi connectivity index (χ3n) is 6.17. The molecule has 252 valence electrons. The second kappa shape index (κ2) is 19.3. The molecule has 0 spiro atoms. The van der Waals surface area contributed by atoms with Gasteiger partial charge in [0.1, 0.15) is 11.9 Å². The molecule has 2 aromatic heterocycles. The Morgan fingerprint density at radius 3 is 2.22 bits per heavy atom. The number of H-pyrrole nitrogens is 1. The van der Waals surface area contributed by atoms with Gasteiger partial charge in [0, 0.05) is 39.0 Å². The van der Waals surface area contributed by atoms with Crippen molar-refractivity contribution >= 4 is 46.8 Å². The van der Waals surface area contributed by atoms with E-state index in [2.05, 4.69) is 30.9 Å². The SMILES string of the molecule is CC(=O)NC(CSc1nc2c(=O)[nH]c(N)nc2n1Cc1ccc(F)cc1)C(=O)NCCCOCCOCCOCCCNC(=O)O. The largest absolute Gasteiger partial charge is 0.465 e. The Balaban J connectivity index is 1.43. The first-order valence-corrected chi connectivity index (χ1v) is 15.5. The Bertz CT molecular complexity index is 1490. The van der Waals surface area contributed by atoms with Crippen molar-refractivity contribution in [3.8, 4) is 0 Å². The number of carboxylic acid groups (broad SMARTS) is 1. The molecule has 0 saturated heterocycles. The molecule has 3 amide bonds. The predicted octanol–water partition coefficient (Wildman–Crippen LogP) is 0.700. The van der Waals surface area contributed by atoms with Gasteiger partial charge in [-0.05, 0) is 30.5 Å². The minimum Gasteiger partial charge on any atom is -0.465 e. The number of halogens is 1. The highest BCUT2D eigenvalue weighted by Gasteiger charge is 2.23. The van der Waals surface area contributed by atoms with Crippen LogP contribution in [0.5, 0.6) is 0 Å². The lowest BCUT2D eigenvalue weighted by Crippen LogP contribution is -2.48. The third-order valence-corrected chi connectivity index (χ3v) is 7.24. The van der Waals surface area contributed by atoms with Crippen molar-refractivity contribution in [3.63, 3.8) is 0 Å². The number of imidazole rings is 1. The number of hydrogen-bond acceptors (Lipinski definition) is 11. The fourth-order valence-corrected chi connectivity index (χ4v) is 5.05. The molecule has 3 rings (SSSR count). The number of hydrogen-bond donors (Lipinski definition) is 6. The first-order valence-electron chi connectivity index (χ1n) is 14.5. The number of nitrogen functional groups attached to an aromatic ring is 1. The number of carbonyl (C=O) groups excluding carboxylic acids is 2. The van der Waals surface area contributed by atoms with Gasteiger partial charge in [-0.1, -0.05) is 23.9 Å². The molecule has 7 N–H and O–H groups in total. The Morgan fingerprint density at radius 2 is 1.61 bits per heavy atom. The van der Waals surface area contributed by atoms with Gasteiger partial charge in [0.05, 0.1) is 33.0 Å². The van der Waals surface area contributed by atoms with Crippen molar-refractivity contribution in [2.45, 2.75) is 37.5 Å². The Labute approximate surface area is 268 Å². The predicted molar refractivity (Wildman–Crippen MR) is 167 cm³/mol. The zero-order valence-electron chi connectivity index (χ0n) is 25.4. The van der Waals surface area contributed by atoms with E-state index < -0.39 is 35.3 Å². The topological polar surface area (TPSA) is 225 Å². The highest BCUT2D eigenvalue weighted by molar-refractivity contribution is 7.99. The van der Waals surface area contributed by atoms with Crippen molar-refractivity contribution in [1.82, 2.24) is 35.5 Å². The lowest BCUT2D eigenvalue weighted by molar-refractivity contribution is -0.127. The fourth-order valence-electron chi connectivity index (χ4n) is 4.04. The number of amides is 3. The zero-order chi connectivity index (χ0) is 33.3. The van der Waals surface area contributed by atoms with Gasteiger partial charge < -0.3 is 41.0 Å². The molecule has 1 aromatic carbocycles. The standard InChI is InChI=1S/C28H39FN8O8S/c1-18(38)33-21(24(39)31-8-2-10-43-12-14-45-15-13-44-11-3-9-32-28(41)42)17-46-27-34-22-23(35-26(30)36-25(22)40)37(27)16-19-4-6-20(29)7-5-19/h4-7,21,32H,2-3,8-17H2,1H3,(H,31,39)(H,33,38)(H,41,42)(H3,30,35,36,40). The van der Waals surface area contributed by atoms with Gasteiger partial charge in [-0.3, -0.25) is 23.9 Å². The van der Waals surface area contributed by atoms with Crippen LogP contribution in [0.1, 0.15) is 25.3 Å². The third kappa shape index (κ3) is 12.6. The van der Waals surface area contributed by atoms with Crippen molar-refractivity contribution in [2.75, 3.05) is 64.2 Å². The summed E-state index contributed by atoms with van der Waals surface area (Å²) in [6.45, 7) is 4.49. The van der Waals surface area contributed by atoms with Gasteiger partial charge in [-0.2, -0.15) is 4.98 Å². The highest BCUT2D eigenvalue weighted by Crippen LogP contribution is 2.24. The van der Waals surface area contributed by atoms with E-state index in [1.54, 1.807) is 16.7 Å². The fraction of sp³-hybridized carbons (Fsp3) is 0.500. The van der Waals surface area contributed by atoms with Crippen LogP contribution < -0.4 is 27.2 Å². The number of nitrogens with zero attached hydrogens (tertiary/aromatic N) is 3. The summed E-state index contributed by atoms with van der Waals surface area (Å²) in [4.78, 5) is 58.7.